The molecular formula is C30H31FN4O4. The number of hydrogen-bond acceptors (Lipinski definition) is 5. The van der Waals surface area contributed by atoms with Crippen molar-refractivity contribution in [1.29, 1.82) is 0 Å². The van der Waals surface area contributed by atoms with Gasteiger partial charge in [-0.1, -0.05) is 12.1 Å². The van der Waals surface area contributed by atoms with Gasteiger partial charge >= 0.3 is 0 Å². The third kappa shape index (κ3) is 5.87. The van der Waals surface area contributed by atoms with Gasteiger partial charge in [0.1, 0.15) is 11.6 Å². The number of carbonyl (C=O) groups excluding carboxylic acids is 3. The Morgan fingerprint density at radius 2 is 1.46 bits per heavy atom. The van der Waals surface area contributed by atoms with E-state index < -0.39 is 5.82 Å². The average Bonchev–Trinajstić information content (AvgIpc) is 3.52. The summed E-state index contributed by atoms with van der Waals surface area (Å²) in [4.78, 5) is 45.0. The molecule has 2 aliphatic rings. The Labute approximate surface area is 227 Å². The van der Waals surface area contributed by atoms with Crippen molar-refractivity contribution in [1.82, 2.24) is 9.80 Å². The van der Waals surface area contributed by atoms with Gasteiger partial charge in [0.05, 0.1) is 12.7 Å². The molecule has 0 radical (unpaired) electrons. The number of carbonyl (C=O) groups is 3. The molecule has 2 fully saturated rings. The minimum absolute atomic E-state index is 0.0711. The Hall–Kier alpha value is -4.40. The van der Waals surface area contributed by atoms with Crippen molar-refractivity contribution in [3.63, 3.8) is 0 Å². The van der Waals surface area contributed by atoms with E-state index in [1.54, 1.807) is 54.5 Å². The van der Waals surface area contributed by atoms with Gasteiger partial charge in [0, 0.05) is 61.8 Å². The average molecular weight is 531 g/mol. The summed E-state index contributed by atoms with van der Waals surface area (Å²) in [5.41, 5.74) is 2.58. The summed E-state index contributed by atoms with van der Waals surface area (Å²) in [5.74, 6) is -0.442. The largest absolute Gasteiger partial charge is 0.497 e. The third-order valence-corrected chi connectivity index (χ3v) is 7.19. The van der Waals surface area contributed by atoms with Crippen molar-refractivity contribution in [3.8, 4) is 5.75 Å². The van der Waals surface area contributed by atoms with Crippen molar-refractivity contribution >= 4 is 29.1 Å². The first-order valence-electron chi connectivity index (χ1n) is 13.1. The predicted molar refractivity (Wildman–Crippen MR) is 147 cm³/mol. The summed E-state index contributed by atoms with van der Waals surface area (Å²) in [6.45, 7) is 3.35. The normalized spacial score (nSPS) is 15.3. The molecule has 0 saturated carbocycles. The number of amides is 3. The van der Waals surface area contributed by atoms with Crippen molar-refractivity contribution in [3.05, 3.63) is 89.2 Å². The van der Waals surface area contributed by atoms with E-state index in [4.69, 9.17) is 4.74 Å². The summed E-state index contributed by atoms with van der Waals surface area (Å²) in [6, 6.07) is 18.0. The lowest BCUT2D eigenvalue weighted by Gasteiger charge is -2.37. The Morgan fingerprint density at radius 1 is 0.769 bits per heavy atom. The zero-order chi connectivity index (χ0) is 27.4. The molecule has 3 amide bonds. The van der Waals surface area contributed by atoms with Crippen LogP contribution in [-0.4, -0.2) is 73.9 Å². The van der Waals surface area contributed by atoms with Gasteiger partial charge in [-0.2, -0.15) is 0 Å². The first-order chi connectivity index (χ1) is 18.9. The number of benzene rings is 3. The highest BCUT2D eigenvalue weighted by atomic mass is 19.1. The topological polar surface area (TPSA) is 82.2 Å². The maximum Gasteiger partial charge on any atom is 0.256 e. The van der Waals surface area contributed by atoms with Crippen molar-refractivity contribution in [2.75, 3.05) is 56.6 Å². The van der Waals surface area contributed by atoms with Gasteiger partial charge in [-0.15, -0.1) is 0 Å². The number of nitrogens with one attached hydrogen (secondary N) is 1. The number of likely N-dealkylation sites (tertiary alicyclic amines) is 1. The Balaban J connectivity index is 1.35. The molecule has 2 aliphatic heterocycles. The Kier molecular flexibility index (Phi) is 7.76. The molecule has 0 unspecified atom stereocenters. The summed E-state index contributed by atoms with van der Waals surface area (Å²) in [7, 11) is 1.54. The number of rotatable bonds is 6. The molecule has 0 spiro atoms. The lowest BCUT2D eigenvalue weighted by molar-refractivity contribution is 0.0742. The van der Waals surface area contributed by atoms with Crippen molar-refractivity contribution in [2.45, 2.75) is 12.8 Å². The van der Waals surface area contributed by atoms with Crippen LogP contribution in [-0.2, 0) is 0 Å². The van der Waals surface area contributed by atoms with E-state index in [0.29, 0.717) is 67.4 Å². The molecule has 202 valence electrons. The zero-order valence-corrected chi connectivity index (χ0v) is 21.9. The molecule has 0 bridgehead atoms. The summed E-state index contributed by atoms with van der Waals surface area (Å²) in [5, 5.41) is 2.90. The van der Waals surface area contributed by atoms with E-state index in [9.17, 15) is 18.8 Å². The molecule has 0 aromatic heterocycles. The SMILES string of the molecule is COc1cccc(C(=O)Nc2ccc(N3CCN(C(=O)c4cccc(F)c4)CC3)c(C(=O)N3CCCC3)c2)c1. The molecule has 5 rings (SSSR count). The van der Waals surface area contributed by atoms with E-state index in [0.717, 1.165) is 18.5 Å². The number of anilines is 2. The van der Waals surface area contributed by atoms with Crippen LogP contribution in [0, 0.1) is 5.82 Å². The fourth-order valence-corrected chi connectivity index (χ4v) is 5.07. The maximum absolute atomic E-state index is 13.6. The Bertz CT molecular complexity index is 1380. The molecule has 2 heterocycles. The molecule has 2 saturated heterocycles. The second kappa shape index (κ2) is 11.6. The van der Waals surface area contributed by atoms with Gasteiger partial charge in [-0.25, -0.2) is 4.39 Å². The molecule has 3 aromatic carbocycles. The summed E-state index contributed by atoms with van der Waals surface area (Å²) in [6.07, 6.45) is 1.93. The van der Waals surface area contributed by atoms with Crippen molar-refractivity contribution in [2.24, 2.45) is 0 Å². The van der Waals surface area contributed by atoms with E-state index in [-0.39, 0.29) is 17.7 Å². The lowest BCUT2D eigenvalue weighted by Crippen LogP contribution is -2.49. The molecule has 9 heteroatoms. The quantitative estimate of drug-likeness (QED) is 0.515. The van der Waals surface area contributed by atoms with Gasteiger partial charge in [0.15, 0.2) is 0 Å². The molecule has 39 heavy (non-hydrogen) atoms. The smallest absolute Gasteiger partial charge is 0.256 e. The van der Waals surface area contributed by atoms with E-state index in [2.05, 4.69) is 10.2 Å². The highest BCUT2D eigenvalue weighted by molar-refractivity contribution is 6.06. The Morgan fingerprint density at radius 3 is 2.18 bits per heavy atom. The second-order valence-corrected chi connectivity index (χ2v) is 9.71. The number of hydrogen-bond donors (Lipinski definition) is 1. The van der Waals surface area contributed by atoms with Gasteiger partial charge in [-0.3, -0.25) is 14.4 Å². The number of piperazine rings is 1. The lowest BCUT2D eigenvalue weighted by atomic mass is 10.1. The van der Waals surface area contributed by atoms with Crippen LogP contribution in [0.4, 0.5) is 15.8 Å². The highest BCUT2D eigenvalue weighted by Gasteiger charge is 2.28. The van der Waals surface area contributed by atoms with Crippen LogP contribution in [0.25, 0.3) is 0 Å². The van der Waals surface area contributed by atoms with Crippen LogP contribution in [0.2, 0.25) is 0 Å². The predicted octanol–water partition coefficient (Wildman–Crippen LogP) is 4.29. The molecule has 8 nitrogen and oxygen atoms in total. The van der Waals surface area contributed by atoms with Crippen LogP contribution in [0.15, 0.2) is 66.7 Å². The molecule has 0 atom stereocenters. The molecule has 1 N–H and O–H groups in total. The second-order valence-electron chi connectivity index (χ2n) is 9.71. The van der Waals surface area contributed by atoms with Crippen molar-refractivity contribution < 1.29 is 23.5 Å². The van der Waals surface area contributed by atoms with E-state index >= 15 is 0 Å². The van der Waals surface area contributed by atoms with Gasteiger partial charge in [-0.05, 0) is 67.4 Å². The summed E-state index contributed by atoms with van der Waals surface area (Å²) < 4.78 is 18.8. The number of methoxy groups -OCH3 is 1. The maximum atomic E-state index is 13.6. The minimum Gasteiger partial charge on any atom is -0.497 e. The van der Waals surface area contributed by atoms with E-state index in [1.807, 2.05) is 11.0 Å². The summed E-state index contributed by atoms with van der Waals surface area (Å²) >= 11 is 0. The number of nitrogens with zero attached hydrogens (tertiary/aromatic N) is 3. The fourth-order valence-electron chi connectivity index (χ4n) is 5.07. The highest BCUT2D eigenvalue weighted by Crippen LogP contribution is 2.29. The van der Waals surface area contributed by atoms with E-state index in [1.165, 1.54) is 18.2 Å². The monoisotopic (exact) mass is 530 g/mol. The number of ether oxygens (including phenoxy) is 1. The van der Waals surface area contributed by atoms with Crippen LogP contribution in [0.3, 0.4) is 0 Å². The first kappa shape index (κ1) is 26.2. The fraction of sp³-hybridized carbons (Fsp3) is 0.300. The van der Waals surface area contributed by atoms with Gasteiger partial charge < -0.3 is 24.8 Å². The first-order valence-corrected chi connectivity index (χ1v) is 13.1. The van der Waals surface area contributed by atoms with Crippen LogP contribution in [0.1, 0.15) is 43.9 Å². The third-order valence-electron chi connectivity index (χ3n) is 7.19. The van der Waals surface area contributed by atoms with Crippen LogP contribution in [0.5, 0.6) is 5.75 Å². The molecule has 3 aromatic rings. The zero-order valence-electron chi connectivity index (χ0n) is 21.9. The molecule has 0 aliphatic carbocycles. The van der Waals surface area contributed by atoms with Gasteiger partial charge in [0.2, 0.25) is 0 Å². The standard InChI is InChI=1S/C30H31FN4O4/c1-39-25-9-5-6-21(19-25)28(36)32-24-10-11-27(26(20-24)30(38)34-12-2-3-13-34)33-14-16-35(17-15-33)29(37)22-7-4-8-23(31)18-22/h4-11,18-20H,2-3,12-17H2,1H3,(H,32,36). The van der Waals surface area contributed by atoms with Crippen LogP contribution >= 0.6 is 0 Å². The van der Waals surface area contributed by atoms with Gasteiger partial charge in [0.25, 0.3) is 17.7 Å². The van der Waals surface area contributed by atoms with Crippen LogP contribution < -0.4 is 15.0 Å². The number of halogens is 1. The minimum atomic E-state index is -0.442. The molecular weight excluding hydrogens is 499 g/mol.